The summed E-state index contributed by atoms with van der Waals surface area (Å²) in [5, 5.41) is 22.3. The van der Waals surface area contributed by atoms with E-state index in [4.69, 9.17) is 0 Å². The number of sulfone groups is 1. The number of benzene rings is 8. The molecular weight excluding hydrogens is 1770 g/mol. The number of carbonyl (C=O) groups is 4. The molecular formula is C108H85FN20O9S. The molecule has 31 heteroatoms. The molecule has 2 aliphatic heterocycles. The van der Waals surface area contributed by atoms with Crippen LogP contribution in [0.4, 0.5) is 49.9 Å². The van der Waals surface area contributed by atoms with Crippen molar-refractivity contribution in [2.45, 2.75) is 54.2 Å². The number of hydrogen-bond donors (Lipinski definition) is 10. The molecule has 29 nitrogen and oxygen atoms in total. The Morgan fingerprint density at radius 2 is 0.842 bits per heavy atom. The number of H-pyrrole nitrogens is 3. The Labute approximate surface area is 792 Å². The Morgan fingerprint density at radius 3 is 1.29 bits per heavy atom. The van der Waals surface area contributed by atoms with E-state index in [1.165, 1.54) is 23.3 Å². The van der Waals surface area contributed by atoms with Crippen molar-refractivity contribution in [3.63, 3.8) is 0 Å². The average molecular weight is 1860 g/mol. The second-order valence-corrected chi connectivity index (χ2v) is 35.2. The Kier molecular flexibility index (Phi) is 24.5. The number of rotatable bonds is 21. The topological polar surface area (TPSA) is 371 Å². The van der Waals surface area contributed by atoms with Crippen LogP contribution in [0, 0.1) is 5.82 Å². The van der Waals surface area contributed by atoms with Crippen molar-refractivity contribution in [2.24, 2.45) is 0 Å². The first-order valence-electron chi connectivity index (χ1n) is 44.6. The fraction of sp³-hybridized carbons (Fsp3) is 0.0741. The lowest BCUT2D eigenvalue weighted by Crippen LogP contribution is -2.35. The monoisotopic (exact) mass is 1860 g/mol. The SMILES string of the molecule is O=C(NC1(c2ccc(F)cc2)CC1)c1ccc(Nc2ccc(-c3cc[nH]c(=O)c3)n3ccnc23)cc1.O=C(NCc1cccnc1)c1ccc(Nc2ccc(-c3cc[nH]c(=O)c3)n3ccnc23)cc1.O=C(c1ccc(Nc2ccc(-c3cc[nH]c(=O)c3)n3ccnc23)cc1)N1CCc2ccccc2C1.O=C1NCc2cc(-c3ccc(Nc4ccc(S(=O)(=O)c5ccccc5)cc4)c4nccn34)ccc21. The van der Waals surface area contributed by atoms with Gasteiger partial charge in [-0.05, 0) is 259 Å². The van der Waals surface area contributed by atoms with E-state index in [1.54, 1.807) is 165 Å². The highest BCUT2D eigenvalue weighted by molar-refractivity contribution is 7.91. The molecule has 139 heavy (non-hydrogen) atoms. The van der Waals surface area contributed by atoms with Gasteiger partial charge in [-0.2, -0.15) is 0 Å². The van der Waals surface area contributed by atoms with Gasteiger partial charge < -0.3 is 57.1 Å². The summed E-state index contributed by atoms with van der Waals surface area (Å²) in [5.74, 6) is -0.601. The second kappa shape index (κ2) is 38.6. The van der Waals surface area contributed by atoms with Crippen molar-refractivity contribution in [3.05, 3.63) is 459 Å². The van der Waals surface area contributed by atoms with Gasteiger partial charge in [-0.15, -0.1) is 0 Å². The molecule has 23 rings (SSSR count). The van der Waals surface area contributed by atoms with Crippen molar-refractivity contribution in [1.29, 1.82) is 0 Å². The Balaban J connectivity index is 0.000000114. The zero-order valence-corrected chi connectivity index (χ0v) is 74.9. The Morgan fingerprint density at radius 1 is 0.410 bits per heavy atom. The summed E-state index contributed by atoms with van der Waals surface area (Å²) in [7, 11) is -3.57. The largest absolute Gasteiger partial charge is 0.352 e. The van der Waals surface area contributed by atoms with E-state index in [0.29, 0.717) is 47.5 Å². The number of anilines is 8. The molecule has 1 aliphatic carbocycles. The summed E-state index contributed by atoms with van der Waals surface area (Å²) in [6.07, 6.45) is 25.2. The van der Waals surface area contributed by atoms with E-state index < -0.39 is 15.4 Å². The van der Waals surface area contributed by atoms with Gasteiger partial charge in [-0.25, -0.2) is 32.7 Å². The van der Waals surface area contributed by atoms with Gasteiger partial charge in [0.1, 0.15) is 5.82 Å². The number of fused-ring (bicyclic) bond motifs is 6. The van der Waals surface area contributed by atoms with Gasteiger partial charge in [-0.3, -0.25) is 56.1 Å². The van der Waals surface area contributed by atoms with Crippen LogP contribution in [0.1, 0.15) is 82.1 Å². The van der Waals surface area contributed by atoms with E-state index in [9.17, 15) is 46.4 Å². The zero-order chi connectivity index (χ0) is 95.1. The number of nitrogens with one attached hydrogen (secondary N) is 10. The molecule has 8 aromatic carbocycles. The van der Waals surface area contributed by atoms with Crippen LogP contribution in [0.3, 0.4) is 0 Å². The molecule has 1 saturated carbocycles. The molecule has 0 spiro atoms. The lowest BCUT2D eigenvalue weighted by atomic mass is 9.99. The summed E-state index contributed by atoms with van der Waals surface area (Å²) in [6, 6.07) is 87.1. The van der Waals surface area contributed by atoms with E-state index in [1.807, 2.05) is 199 Å². The minimum absolute atomic E-state index is 0.0403. The summed E-state index contributed by atoms with van der Waals surface area (Å²) in [5.41, 5.74) is 23.3. The Bertz CT molecular complexity index is 8350. The fourth-order valence-electron chi connectivity index (χ4n) is 17.1. The number of amides is 4. The summed E-state index contributed by atoms with van der Waals surface area (Å²) >= 11 is 0. The van der Waals surface area contributed by atoms with Gasteiger partial charge in [-0.1, -0.05) is 66.7 Å². The van der Waals surface area contributed by atoms with Crippen LogP contribution in [0.25, 0.3) is 67.6 Å². The maximum atomic E-state index is 13.3. The van der Waals surface area contributed by atoms with Crippen LogP contribution in [-0.4, -0.2) is 101 Å². The van der Waals surface area contributed by atoms with Gasteiger partial charge in [0.2, 0.25) is 26.5 Å². The highest BCUT2D eigenvalue weighted by atomic mass is 32.2. The molecule has 4 amide bonds. The lowest BCUT2D eigenvalue weighted by molar-refractivity contribution is 0.0734. The maximum Gasteiger partial charge on any atom is 0.254 e. The molecule has 0 unspecified atom stereocenters. The number of aromatic nitrogens is 12. The van der Waals surface area contributed by atoms with Gasteiger partial charge in [0.05, 0.1) is 60.9 Å². The standard InChI is InChI=1S/C28H22FN5O2.C28H23N5O2.C27H20N4O3S.C25H20N6O2/c29-21-5-3-20(4-6-21)28(12-13-28)33-27(36)18-1-7-22(8-2-18)32-23-9-10-24(34-16-15-31-26(23)34)19-11-14-30-25(35)17-19;34-26-17-21(11-13-29-26)25-10-9-24(27-30-14-16-33(25)27)31-23-7-5-20(6-8-23)28(35)32-15-12-19-3-1-2-4-22(19)18-32;32-27-23-11-6-18(16-19(23)17-29-27)25-13-12-24(26-28-14-15-31(25)26)30-20-7-9-22(10-8-20)35(33,34)21-4-2-1-3-5-21;32-23-14-19(9-11-27-23)22-8-7-21(24-28-12-13-31(22)24)30-20-5-3-18(4-6-20)25(33)29-16-17-2-1-10-26-15-17/h1-11,14-17,32H,12-13H2,(H,30,35)(H,33,36);1-11,13-14,16-17,31H,12,15,18H2,(H,29,34);1-16,30H,17H2,(H,29,32);1-15,30H,16H2,(H,27,32)(H,29,33). The Hall–Kier alpha value is -18.5. The lowest BCUT2D eigenvalue weighted by Gasteiger charge is -2.29. The molecule has 14 heterocycles. The van der Waals surface area contributed by atoms with Crippen molar-refractivity contribution in [3.8, 4) is 45.0 Å². The molecule has 3 aliphatic rings. The summed E-state index contributed by atoms with van der Waals surface area (Å²) in [4.78, 5) is 118. The quantitative estimate of drug-likeness (QED) is 0.0319. The van der Waals surface area contributed by atoms with Crippen molar-refractivity contribution in [2.75, 3.05) is 27.8 Å². The van der Waals surface area contributed by atoms with E-state index in [0.717, 1.165) is 150 Å². The van der Waals surface area contributed by atoms with Crippen LogP contribution < -0.4 is 53.9 Å². The first-order chi connectivity index (χ1) is 67.8. The van der Waals surface area contributed by atoms with Crippen molar-refractivity contribution >= 4 is 102 Å². The molecule has 10 N–H and O–H groups in total. The molecule has 1 fully saturated rings. The molecule has 0 radical (unpaired) electrons. The second-order valence-electron chi connectivity index (χ2n) is 33.3. The number of pyridine rings is 8. The maximum absolute atomic E-state index is 13.3. The molecule has 20 aromatic rings. The summed E-state index contributed by atoms with van der Waals surface area (Å²) in [6.45, 7) is 2.33. The number of halogens is 1. The number of carbonyl (C=O) groups excluding carboxylic acids is 4. The first-order valence-corrected chi connectivity index (χ1v) is 46.1. The third kappa shape index (κ3) is 19.3. The predicted octanol–water partition coefficient (Wildman–Crippen LogP) is 18.2. The van der Waals surface area contributed by atoms with Gasteiger partial charge in [0.15, 0.2) is 22.6 Å². The first kappa shape index (κ1) is 88.4. The number of hydrogen-bond acceptors (Lipinski definition) is 18. The van der Waals surface area contributed by atoms with Crippen LogP contribution in [-0.2, 0) is 41.4 Å². The third-order valence-electron chi connectivity index (χ3n) is 24.3. The molecule has 0 bridgehead atoms. The van der Waals surface area contributed by atoms with E-state index in [2.05, 4.69) is 95.3 Å². The fourth-order valence-corrected chi connectivity index (χ4v) is 18.4. The average Bonchev–Trinajstić information content (AvgIpc) is 1.54. The van der Waals surface area contributed by atoms with Gasteiger partial charge in [0.25, 0.3) is 23.6 Å². The minimum atomic E-state index is -3.57. The van der Waals surface area contributed by atoms with Gasteiger partial charge in [0, 0.05) is 187 Å². The summed E-state index contributed by atoms with van der Waals surface area (Å²) < 4.78 is 46.8. The normalized spacial score (nSPS) is 12.7. The third-order valence-corrected chi connectivity index (χ3v) is 26.1. The highest BCUT2D eigenvalue weighted by Gasteiger charge is 2.46. The molecule has 12 aromatic heterocycles. The van der Waals surface area contributed by atoms with E-state index in [-0.39, 0.29) is 55.9 Å². The van der Waals surface area contributed by atoms with Crippen LogP contribution in [0.5, 0.6) is 0 Å². The molecule has 0 atom stereocenters. The van der Waals surface area contributed by atoms with Crippen molar-refractivity contribution in [1.82, 2.24) is 78.3 Å². The minimum Gasteiger partial charge on any atom is -0.352 e. The van der Waals surface area contributed by atoms with Crippen LogP contribution in [0.15, 0.2) is 396 Å². The van der Waals surface area contributed by atoms with Crippen molar-refractivity contribution < 1.29 is 32.0 Å². The number of imidazole rings is 4. The van der Waals surface area contributed by atoms with Gasteiger partial charge >= 0.3 is 0 Å². The van der Waals surface area contributed by atoms with E-state index >= 15 is 0 Å². The predicted molar refractivity (Wildman–Crippen MR) is 531 cm³/mol. The molecule has 0 saturated heterocycles. The molecule has 684 valence electrons. The zero-order valence-electron chi connectivity index (χ0n) is 74.1. The number of nitrogens with zero attached hydrogens (tertiary/aromatic N) is 10. The highest BCUT2D eigenvalue weighted by Crippen LogP contribution is 2.46. The van der Waals surface area contributed by atoms with Crippen LogP contribution in [0.2, 0.25) is 0 Å². The number of aromatic amines is 3. The smallest absolute Gasteiger partial charge is 0.254 e. The van der Waals surface area contributed by atoms with Crippen LogP contribution >= 0.6 is 0 Å².